The Bertz CT molecular complexity index is 1350. The van der Waals surface area contributed by atoms with Gasteiger partial charge >= 0.3 is 11.9 Å². The number of anilines is 2. The number of carbonyl (C=O) groups is 6. The molecule has 2 aromatic rings. The minimum atomic E-state index is -1.65. The number of hydrogen-bond donors (Lipinski definition) is 2. The molecule has 0 fully saturated rings. The van der Waals surface area contributed by atoms with Gasteiger partial charge < -0.3 is 24.8 Å². The molecule has 2 aromatic carbocycles. The van der Waals surface area contributed by atoms with Crippen LogP contribution in [-0.2, 0) is 35.1 Å². The Balaban J connectivity index is 1.93. The summed E-state index contributed by atoms with van der Waals surface area (Å²) in [6.07, 6.45) is -0.136. The normalized spacial score (nSPS) is 13.3. The molecular formula is C24H22N4O9. The van der Waals surface area contributed by atoms with E-state index in [1.807, 2.05) is 0 Å². The third kappa shape index (κ3) is 5.83. The highest BCUT2D eigenvalue weighted by Crippen LogP contribution is 2.34. The van der Waals surface area contributed by atoms with Crippen LogP contribution in [0.3, 0.4) is 0 Å². The number of benzene rings is 2. The fourth-order valence-electron chi connectivity index (χ4n) is 3.38. The number of carbonyl (C=O) groups excluding carboxylic acids is 6. The molecule has 0 bridgehead atoms. The number of nitrogens with one attached hydrogen (secondary N) is 2. The lowest BCUT2D eigenvalue weighted by atomic mass is 10.0. The van der Waals surface area contributed by atoms with E-state index < -0.39 is 41.4 Å². The lowest BCUT2D eigenvalue weighted by Crippen LogP contribution is -2.32. The predicted molar refractivity (Wildman–Crippen MR) is 127 cm³/mol. The highest BCUT2D eigenvalue weighted by atomic mass is 16.5. The van der Waals surface area contributed by atoms with Crippen molar-refractivity contribution in [2.75, 3.05) is 32.0 Å². The standard InChI is InChI=1S/C24H22N4O9/c1-11(29)20(28-27-16-7-12(23(33)36-3)5-6-14(16)24(34)37-4)22(32)26-17-10-15-13(9-19(17)35-2)8-18(30)21(31)25-15/h5-7,9-10,20H,8H2,1-4H3,(H,25,31)(H,26,32). The van der Waals surface area contributed by atoms with Crippen molar-refractivity contribution >= 4 is 52.4 Å². The van der Waals surface area contributed by atoms with Crippen molar-refractivity contribution in [3.05, 3.63) is 47.0 Å². The van der Waals surface area contributed by atoms with Gasteiger partial charge in [0.15, 0.2) is 5.78 Å². The number of ketones is 2. The monoisotopic (exact) mass is 510 g/mol. The zero-order valence-corrected chi connectivity index (χ0v) is 20.2. The summed E-state index contributed by atoms with van der Waals surface area (Å²) in [5.41, 5.74) is 0.737. The van der Waals surface area contributed by atoms with Crippen molar-refractivity contribution in [3.8, 4) is 5.75 Å². The molecule has 3 rings (SSSR count). The van der Waals surface area contributed by atoms with E-state index in [0.717, 1.165) is 14.0 Å². The molecular weight excluding hydrogens is 488 g/mol. The Morgan fingerprint density at radius 1 is 1.00 bits per heavy atom. The fraction of sp³-hybridized carbons (Fsp3) is 0.250. The summed E-state index contributed by atoms with van der Waals surface area (Å²) in [4.78, 5) is 72.7. The Hall–Kier alpha value is -4.94. The van der Waals surface area contributed by atoms with Crippen LogP contribution in [0, 0.1) is 0 Å². The first-order valence-corrected chi connectivity index (χ1v) is 10.7. The molecule has 2 amide bonds. The first-order valence-electron chi connectivity index (χ1n) is 10.7. The minimum absolute atomic E-state index is 0.0484. The van der Waals surface area contributed by atoms with Crippen molar-refractivity contribution in [1.82, 2.24) is 0 Å². The maximum atomic E-state index is 13.0. The van der Waals surface area contributed by atoms with E-state index in [1.165, 1.54) is 44.6 Å². The van der Waals surface area contributed by atoms with Gasteiger partial charge in [0.05, 0.1) is 38.1 Å². The summed E-state index contributed by atoms with van der Waals surface area (Å²) in [6, 6.07) is 5.01. The van der Waals surface area contributed by atoms with Crippen LogP contribution in [0.1, 0.15) is 33.2 Å². The van der Waals surface area contributed by atoms with Gasteiger partial charge in [-0.25, -0.2) is 9.59 Å². The average Bonchev–Trinajstić information content (AvgIpc) is 2.88. The molecule has 0 radical (unpaired) electrons. The van der Waals surface area contributed by atoms with Gasteiger partial charge in [-0.1, -0.05) is 0 Å². The number of azo groups is 1. The molecule has 2 N–H and O–H groups in total. The van der Waals surface area contributed by atoms with Crippen molar-refractivity contribution in [2.24, 2.45) is 10.2 Å². The van der Waals surface area contributed by atoms with Gasteiger partial charge in [-0.15, -0.1) is 0 Å². The highest BCUT2D eigenvalue weighted by molar-refractivity contribution is 6.42. The van der Waals surface area contributed by atoms with Crippen molar-refractivity contribution < 1.29 is 43.0 Å². The summed E-state index contributed by atoms with van der Waals surface area (Å²) >= 11 is 0. The van der Waals surface area contributed by atoms with E-state index in [0.29, 0.717) is 11.3 Å². The first kappa shape index (κ1) is 26.7. The van der Waals surface area contributed by atoms with Gasteiger partial charge in [-0.2, -0.15) is 10.2 Å². The van der Waals surface area contributed by atoms with Crippen LogP contribution in [0.2, 0.25) is 0 Å². The average molecular weight is 510 g/mol. The van der Waals surface area contributed by atoms with E-state index in [-0.39, 0.29) is 34.7 Å². The SMILES string of the molecule is COC(=O)c1ccc(C(=O)OC)c(N=NC(C(C)=O)C(=O)Nc2cc3c(cc2OC)CC(=O)C(=O)N3)c1. The number of Topliss-reactive ketones (excluding diaryl/α,β-unsaturated/α-hetero) is 2. The van der Waals surface area contributed by atoms with E-state index >= 15 is 0 Å². The largest absolute Gasteiger partial charge is 0.495 e. The molecule has 1 atom stereocenters. The zero-order chi connectivity index (χ0) is 27.3. The molecule has 1 heterocycles. The Morgan fingerprint density at radius 2 is 1.70 bits per heavy atom. The minimum Gasteiger partial charge on any atom is -0.495 e. The van der Waals surface area contributed by atoms with Crippen molar-refractivity contribution in [2.45, 2.75) is 19.4 Å². The lowest BCUT2D eigenvalue weighted by molar-refractivity contribution is -0.134. The number of nitrogens with zero attached hydrogens (tertiary/aromatic N) is 2. The number of fused-ring (bicyclic) bond motifs is 1. The van der Waals surface area contributed by atoms with Crippen molar-refractivity contribution in [3.63, 3.8) is 0 Å². The van der Waals surface area contributed by atoms with Gasteiger partial charge in [0.1, 0.15) is 11.4 Å². The Kier molecular flexibility index (Phi) is 8.07. The van der Waals surface area contributed by atoms with E-state index in [4.69, 9.17) is 9.47 Å². The maximum absolute atomic E-state index is 13.0. The first-order chi connectivity index (χ1) is 17.6. The maximum Gasteiger partial charge on any atom is 0.340 e. The Morgan fingerprint density at radius 3 is 2.32 bits per heavy atom. The van der Waals surface area contributed by atoms with Crippen LogP contribution in [-0.4, -0.2) is 62.7 Å². The molecule has 0 saturated heterocycles. The quantitative estimate of drug-likeness (QED) is 0.232. The number of ether oxygens (including phenoxy) is 3. The second-order valence-corrected chi connectivity index (χ2v) is 7.70. The molecule has 192 valence electrons. The molecule has 13 nitrogen and oxygen atoms in total. The summed E-state index contributed by atoms with van der Waals surface area (Å²) in [6.45, 7) is 1.12. The van der Waals surface area contributed by atoms with Crippen LogP contribution in [0.4, 0.5) is 17.1 Å². The van der Waals surface area contributed by atoms with E-state index in [9.17, 15) is 28.8 Å². The Labute approximate surface area is 210 Å². The molecule has 13 heteroatoms. The molecule has 0 aromatic heterocycles. The zero-order valence-electron chi connectivity index (χ0n) is 20.2. The molecule has 1 aliphatic rings. The topological polar surface area (TPSA) is 179 Å². The van der Waals surface area contributed by atoms with Gasteiger partial charge in [-0.3, -0.25) is 19.2 Å². The lowest BCUT2D eigenvalue weighted by Gasteiger charge is -2.20. The number of hydrogen-bond acceptors (Lipinski definition) is 11. The van der Waals surface area contributed by atoms with Gasteiger partial charge in [-0.05, 0) is 42.8 Å². The predicted octanol–water partition coefficient (Wildman–Crippen LogP) is 2.01. The van der Waals surface area contributed by atoms with Gasteiger partial charge in [0, 0.05) is 12.1 Å². The van der Waals surface area contributed by atoms with Crippen LogP contribution in [0.15, 0.2) is 40.6 Å². The fourth-order valence-corrected chi connectivity index (χ4v) is 3.38. The van der Waals surface area contributed by atoms with E-state index in [1.54, 1.807) is 0 Å². The van der Waals surface area contributed by atoms with Crippen LogP contribution in [0.5, 0.6) is 5.75 Å². The number of methoxy groups -OCH3 is 3. The van der Waals surface area contributed by atoms with Gasteiger partial charge in [0.2, 0.25) is 11.8 Å². The van der Waals surface area contributed by atoms with Crippen LogP contribution in [0.25, 0.3) is 0 Å². The summed E-state index contributed by atoms with van der Waals surface area (Å²) in [5, 5.41) is 12.6. The molecule has 1 aliphatic heterocycles. The van der Waals surface area contributed by atoms with Crippen molar-refractivity contribution in [1.29, 1.82) is 0 Å². The molecule has 37 heavy (non-hydrogen) atoms. The molecule has 1 unspecified atom stereocenters. The van der Waals surface area contributed by atoms with Crippen LogP contribution < -0.4 is 15.4 Å². The second-order valence-electron chi connectivity index (χ2n) is 7.70. The third-order valence-electron chi connectivity index (χ3n) is 5.27. The smallest absolute Gasteiger partial charge is 0.340 e. The molecule has 0 aliphatic carbocycles. The number of amides is 2. The molecule has 0 saturated carbocycles. The van der Waals surface area contributed by atoms with Gasteiger partial charge in [0.25, 0.3) is 11.8 Å². The van der Waals surface area contributed by atoms with Crippen LogP contribution >= 0.6 is 0 Å². The van der Waals surface area contributed by atoms with E-state index in [2.05, 4.69) is 25.6 Å². The summed E-state index contributed by atoms with van der Waals surface area (Å²) in [5.74, 6) is -4.30. The summed E-state index contributed by atoms with van der Waals surface area (Å²) in [7, 11) is 3.66. The second kappa shape index (κ2) is 11.2. The number of esters is 2. The summed E-state index contributed by atoms with van der Waals surface area (Å²) < 4.78 is 14.6. The highest BCUT2D eigenvalue weighted by Gasteiger charge is 2.28. The molecule has 0 spiro atoms. The third-order valence-corrected chi connectivity index (χ3v) is 5.27. The number of rotatable bonds is 8.